The third-order valence-corrected chi connectivity index (χ3v) is 2.28. The summed E-state index contributed by atoms with van der Waals surface area (Å²) >= 11 is 0. The van der Waals surface area contributed by atoms with Crippen LogP contribution in [0.3, 0.4) is 0 Å². The number of ether oxygens (including phenoxy) is 2. The Morgan fingerprint density at radius 2 is 2.10 bits per heavy atom. The molecule has 7 nitrogen and oxygen atoms in total. The summed E-state index contributed by atoms with van der Waals surface area (Å²) in [7, 11) is 0. The van der Waals surface area contributed by atoms with Gasteiger partial charge in [0.05, 0.1) is 11.8 Å². The lowest BCUT2D eigenvalue weighted by molar-refractivity contribution is -0.183. The van der Waals surface area contributed by atoms with E-state index < -0.39 is 18.2 Å². The topological polar surface area (TPSA) is 110 Å². The quantitative estimate of drug-likeness (QED) is 0.461. The Kier molecular flexibility index (Phi) is 8.49. The monoisotopic (exact) mass is 286 g/mol. The zero-order chi connectivity index (χ0) is 15.5. The molecule has 7 heteroatoms. The summed E-state index contributed by atoms with van der Waals surface area (Å²) in [6, 6.07) is 0. The lowest BCUT2D eigenvalue weighted by Crippen LogP contribution is -2.21. The molecule has 0 aromatic rings. The molecule has 2 N–H and O–H groups in total. The van der Waals surface area contributed by atoms with Crippen molar-refractivity contribution in [3.63, 3.8) is 0 Å². The first kappa shape index (κ1) is 17.7. The van der Waals surface area contributed by atoms with Crippen molar-refractivity contribution < 1.29 is 34.1 Å². The van der Waals surface area contributed by atoms with Crippen LogP contribution in [0.5, 0.6) is 0 Å². The second kappa shape index (κ2) is 9.60. The Bertz CT molecular complexity index is 398. The molecule has 1 saturated heterocycles. The number of hydrogen-bond acceptors (Lipinski definition) is 6. The maximum Gasteiger partial charge on any atom is 0.334 e. The standard InChI is InChI=1S/C9H12O4.C4H6O3/c1-2-7(10)12-9-6-4-3-5-8(11)13-9;1-3(2-5)4(6)7/h2,9H,1,3-6H2;2,5H,1H3,(H,6,7). The van der Waals surface area contributed by atoms with E-state index in [0.29, 0.717) is 19.1 Å². The van der Waals surface area contributed by atoms with Gasteiger partial charge in [0.2, 0.25) is 6.29 Å². The third kappa shape index (κ3) is 7.91. The van der Waals surface area contributed by atoms with Crippen LogP contribution in [0, 0.1) is 0 Å². The van der Waals surface area contributed by atoms with E-state index in [1.54, 1.807) is 0 Å². The summed E-state index contributed by atoms with van der Waals surface area (Å²) in [5.74, 6) is -1.96. The van der Waals surface area contributed by atoms with Gasteiger partial charge in [-0.25, -0.2) is 9.59 Å². The Morgan fingerprint density at radius 3 is 2.55 bits per heavy atom. The van der Waals surface area contributed by atoms with Crippen molar-refractivity contribution in [3.05, 3.63) is 24.5 Å². The van der Waals surface area contributed by atoms with Gasteiger partial charge in [0.25, 0.3) is 0 Å². The van der Waals surface area contributed by atoms with Crippen molar-refractivity contribution in [1.82, 2.24) is 0 Å². The van der Waals surface area contributed by atoms with E-state index in [-0.39, 0.29) is 11.5 Å². The van der Waals surface area contributed by atoms with E-state index in [0.717, 1.165) is 18.9 Å². The molecule has 1 heterocycles. The predicted molar refractivity (Wildman–Crippen MR) is 68.7 cm³/mol. The van der Waals surface area contributed by atoms with Crippen molar-refractivity contribution in [2.24, 2.45) is 0 Å². The normalized spacial score (nSPS) is 18.8. The first-order valence-corrected chi connectivity index (χ1v) is 5.97. The lowest BCUT2D eigenvalue weighted by atomic mass is 10.2. The largest absolute Gasteiger partial charge is 0.515 e. The van der Waals surface area contributed by atoms with Gasteiger partial charge in [-0.05, 0) is 19.8 Å². The average molecular weight is 286 g/mol. The van der Waals surface area contributed by atoms with Gasteiger partial charge in [0.1, 0.15) is 0 Å². The molecule has 1 fully saturated rings. The van der Waals surface area contributed by atoms with Crippen LogP contribution in [0.1, 0.15) is 32.6 Å². The van der Waals surface area contributed by atoms with Gasteiger partial charge in [0.15, 0.2) is 0 Å². The number of cyclic esters (lactones) is 1. The van der Waals surface area contributed by atoms with Crippen LogP contribution >= 0.6 is 0 Å². The summed E-state index contributed by atoms with van der Waals surface area (Å²) in [5.41, 5.74) is -0.0556. The van der Waals surface area contributed by atoms with Gasteiger partial charge in [-0.1, -0.05) is 6.58 Å². The first-order chi connectivity index (χ1) is 9.40. The maximum absolute atomic E-state index is 10.9. The number of hydrogen-bond donors (Lipinski definition) is 2. The molecule has 1 aliphatic rings. The van der Waals surface area contributed by atoms with Crippen LogP contribution in [0.25, 0.3) is 0 Å². The smallest absolute Gasteiger partial charge is 0.334 e. The average Bonchev–Trinajstić information content (AvgIpc) is 2.62. The molecule has 0 amide bonds. The summed E-state index contributed by atoms with van der Waals surface area (Å²) < 4.78 is 9.64. The fourth-order valence-electron chi connectivity index (χ4n) is 1.16. The molecule has 0 spiro atoms. The highest BCUT2D eigenvalue weighted by molar-refractivity contribution is 5.85. The van der Waals surface area contributed by atoms with Crippen molar-refractivity contribution in [3.8, 4) is 0 Å². The van der Waals surface area contributed by atoms with Crippen LogP contribution in [0.4, 0.5) is 0 Å². The predicted octanol–water partition coefficient (Wildman–Crippen LogP) is 1.69. The Balaban J connectivity index is 0.000000441. The number of carboxylic acids is 1. The molecular weight excluding hydrogens is 268 g/mol. The molecule has 0 aromatic heterocycles. The number of aliphatic carboxylic acids is 1. The number of esters is 2. The van der Waals surface area contributed by atoms with E-state index in [1.165, 1.54) is 6.92 Å². The van der Waals surface area contributed by atoms with Crippen molar-refractivity contribution in [2.45, 2.75) is 38.9 Å². The number of carbonyl (C=O) groups excluding carboxylic acids is 2. The molecule has 0 radical (unpaired) electrons. The molecule has 0 saturated carbocycles. The third-order valence-electron chi connectivity index (χ3n) is 2.28. The van der Waals surface area contributed by atoms with Gasteiger partial charge in [-0.2, -0.15) is 0 Å². The minimum Gasteiger partial charge on any atom is -0.515 e. The van der Waals surface area contributed by atoms with Crippen molar-refractivity contribution >= 4 is 17.9 Å². The van der Waals surface area contributed by atoms with Crippen LogP contribution in [-0.4, -0.2) is 34.4 Å². The van der Waals surface area contributed by atoms with Crippen LogP contribution in [0.2, 0.25) is 0 Å². The minimum absolute atomic E-state index is 0.0556. The highest BCUT2D eigenvalue weighted by Crippen LogP contribution is 2.15. The van der Waals surface area contributed by atoms with Gasteiger partial charge in [-0.15, -0.1) is 0 Å². The van der Waals surface area contributed by atoms with E-state index in [2.05, 4.69) is 6.58 Å². The van der Waals surface area contributed by atoms with Crippen LogP contribution in [0.15, 0.2) is 24.5 Å². The van der Waals surface area contributed by atoms with E-state index >= 15 is 0 Å². The molecule has 1 unspecified atom stereocenters. The second-order valence-electron chi connectivity index (χ2n) is 3.92. The Hall–Kier alpha value is -2.31. The number of carboxylic acid groups (broad SMARTS) is 1. The molecule has 20 heavy (non-hydrogen) atoms. The van der Waals surface area contributed by atoms with E-state index in [1.807, 2.05) is 0 Å². The molecule has 1 aliphatic heterocycles. The number of aliphatic hydroxyl groups is 1. The lowest BCUT2D eigenvalue weighted by Gasteiger charge is -2.13. The maximum atomic E-state index is 10.9. The highest BCUT2D eigenvalue weighted by Gasteiger charge is 2.20. The molecule has 1 atom stereocenters. The summed E-state index contributed by atoms with van der Waals surface area (Å²) in [6.45, 7) is 4.56. The van der Waals surface area contributed by atoms with Gasteiger partial charge < -0.3 is 19.7 Å². The molecule has 112 valence electrons. The molecular formula is C13H18O7. The van der Waals surface area contributed by atoms with Gasteiger partial charge >= 0.3 is 17.9 Å². The fraction of sp³-hybridized carbons (Fsp3) is 0.462. The van der Waals surface area contributed by atoms with Gasteiger partial charge in [0, 0.05) is 18.9 Å². The summed E-state index contributed by atoms with van der Waals surface area (Å²) in [5, 5.41) is 15.9. The SMILES string of the molecule is C=CC(=O)OC1CCCCC(=O)O1.CC(=CO)C(=O)O. The van der Waals surface area contributed by atoms with Crippen LogP contribution < -0.4 is 0 Å². The zero-order valence-corrected chi connectivity index (χ0v) is 11.2. The summed E-state index contributed by atoms with van der Waals surface area (Å²) in [4.78, 5) is 31.4. The highest BCUT2D eigenvalue weighted by atomic mass is 16.7. The number of carbonyl (C=O) groups is 3. The number of rotatable bonds is 3. The van der Waals surface area contributed by atoms with E-state index in [4.69, 9.17) is 19.7 Å². The second-order valence-corrected chi connectivity index (χ2v) is 3.92. The molecule has 0 bridgehead atoms. The summed E-state index contributed by atoms with van der Waals surface area (Å²) in [6.07, 6.45) is 3.50. The first-order valence-electron chi connectivity index (χ1n) is 5.97. The van der Waals surface area contributed by atoms with E-state index in [9.17, 15) is 14.4 Å². The molecule has 1 rings (SSSR count). The molecule has 0 aromatic carbocycles. The molecule has 0 aliphatic carbocycles. The zero-order valence-electron chi connectivity index (χ0n) is 11.2. The minimum atomic E-state index is -1.09. The Morgan fingerprint density at radius 1 is 1.45 bits per heavy atom. The fourth-order valence-corrected chi connectivity index (χ4v) is 1.16. The van der Waals surface area contributed by atoms with Crippen molar-refractivity contribution in [1.29, 1.82) is 0 Å². The number of aliphatic hydroxyl groups excluding tert-OH is 1. The Labute approximate surface area is 116 Å². The van der Waals surface area contributed by atoms with Crippen molar-refractivity contribution in [2.75, 3.05) is 0 Å². The van der Waals surface area contributed by atoms with Gasteiger partial charge in [-0.3, -0.25) is 4.79 Å². The van der Waals surface area contributed by atoms with Crippen LogP contribution in [-0.2, 0) is 23.9 Å².